The van der Waals surface area contributed by atoms with Gasteiger partial charge >= 0.3 is 0 Å². The summed E-state index contributed by atoms with van der Waals surface area (Å²) in [6.07, 6.45) is 3.19. The number of aryl methyl sites for hydroxylation is 1. The predicted octanol–water partition coefficient (Wildman–Crippen LogP) is 4.90. The van der Waals surface area contributed by atoms with Crippen LogP contribution < -0.4 is 23.7 Å². The number of methoxy groups -OCH3 is 5. The van der Waals surface area contributed by atoms with Gasteiger partial charge in [-0.05, 0) is 61.7 Å². The summed E-state index contributed by atoms with van der Waals surface area (Å²) in [7, 11) is 8.05. The third kappa shape index (κ3) is 5.86. The Balaban J connectivity index is 1.80. The Kier molecular flexibility index (Phi) is 9.10. The van der Waals surface area contributed by atoms with Crippen LogP contribution in [0.15, 0.2) is 48.8 Å². The van der Waals surface area contributed by atoms with Crippen LogP contribution in [0.5, 0.6) is 23.0 Å². The van der Waals surface area contributed by atoms with E-state index in [-0.39, 0.29) is 11.4 Å². The lowest BCUT2D eigenvalue weighted by atomic mass is 10.1. The van der Waals surface area contributed by atoms with Crippen molar-refractivity contribution in [1.82, 2.24) is 24.7 Å². The summed E-state index contributed by atoms with van der Waals surface area (Å²) in [4.78, 5) is 8.89. The Bertz CT molecular complexity index is 1380. The zero-order chi connectivity index (χ0) is 27.9. The molecule has 0 aliphatic rings. The summed E-state index contributed by atoms with van der Waals surface area (Å²) in [6, 6.07) is 11.0. The molecule has 4 aromatic rings. The third-order valence-corrected chi connectivity index (χ3v) is 6.93. The molecule has 39 heavy (non-hydrogen) atoms. The fourth-order valence-corrected chi connectivity index (χ4v) is 4.82. The van der Waals surface area contributed by atoms with Crippen molar-refractivity contribution < 1.29 is 23.7 Å². The molecule has 0 fully saturated rings. The van der Waals surface area contributed by atoms with Gasteiger partial charge in [0.05, 0.1) is 39.3 Å². The van der Waals surface area contributed by atoms with E-state index >= 15 is 0 Å². The highest BCUT2D eigenvalue weighted by Crippen LogP contribution is 2.41. The SMILES string of the molecule is COc1ccc(OC)c(-c2nnc(NSC(C)C(OC)c3ncc(C)cn3)n2-c2c(OC)cccc2OC)c1. The number of ether oxygens (including phenoxy) is 5. The molecule has 0 aliphatic carbocycles. The largest absolute Gasteiger partial charge is 0.497 e. The van der Waals surface area contributed by atoms with Gasteiger partial charge in [-0.2, -0.15) is 0 Å². The number of anilines is 1. The van der Waals surface area contributed by atoms with Gasteiger partial charge in [-0.1, -0.05) is 6.07 Å². The quantitative estimate of drug-likeness (QED) is 0.242. The molecule has 0 radical (unpaired) electrons. The normalized spacial score (nSPS) is 12.5. The zero-order valence-electron chi connectivity index (χ0n) is 23.0. The lowest BCUT2D eigenvalue weighted by molar-refractivity contribution is 0.0972. The van der Waals surface area contributed by atoms with Crippen molar-refractivity contribution >= 4 is 17.9 Å². The first-order chi connectivity index (χ1) is 18.9. The second-order valence-corrected chi connectivity index (χ2v) is 9.64. The second kappa shape index (κ2) is 12.7. The molecule has 0 aliphatic heterocycles. The van der Waals surface area contributed by atoms with E-state index in [4.69, 9.17) is 23.7 Å². The molecule has 2 heterocycles. The minimum Gasteiger partial charge on any atom is -0.497 e. The maximum absolute atomic E-state index is 5.75. The van der Waals surface area contributed by atoms with Crippen molar-refractivity contribution in [3.63, 3.8) is 0 Å². The van der Waals surface area contributed by atoms with Gasteiger partial charge in [0, 0.05) is 19.5 Å². The van der Waals surface area contributed by atoms with Gasteiger partial charge in [0.15, 0.2) is 11.6 Å². The van der Waals surface area contributed by atoms with Crippen LogP contribution in [0.3, 0.4) is 0 Å². The lowest BCUT2D eigenvalue weighted by Gasteiger charge is -2.22. The number of para-hydroxylation sites is 1. The second-order valence-electron chi connectivity index (χ2n) is 8.46. The standard InChI is InChI=1S/C27H32N6O5S/c1-16-14-28-25(29-15-16)24(38-7)17(2)39-32-27-31-30-26(19-13-18(34-3)11-12-20(19)35-4)33(27)23-21(36-5)9-8-10-22(23)37-6/h8-15,17,24H,1-7H3,(H,31,32). The summed E-state index contributed by atoms with van der Waals surface area (Å²) in [5.74, 6) is 3.92. The summed E-state index contributed by atoms with van der Waals surface area (Å²) >= 11 is 1.41. The topological polar surface area (TPSA) is 115 Å². The first-order valence-electron chi connectivity index (χ1n) is 12.1. The van der Waals surface area contributed by atoms with Crippen molar-refractivity contribution in [3.05, 3.63) is 60.2 Å². The molecule has 11 nitrogen and oxygen atoms in total. The number of hydrogen-bond acceptors (Lipinski definition) is 11. The van der Waals surface area contributed by atoms with Crippen LogP contribution in [-0.4, -0.2) is 65.5 Å². The molecule has 0 spiro atoms. The number of hydrogen-bond donors (Lipinski definition) is 1. The molecule has 1 N–H and O–H groups in total. The molecule has 0 amide bonds. The number of benzene rings is 2. The molecule has 12 heteroatoms. The van der Waals surface area contributed by atoms with Crippen LogP contribution in [0.25, 0.3) is 17.1 Å². The van der Waals surface area contributed by atoms with E-state index in [1.807, 2.05) is 54.8 Å². The Morgan fingerprint density at radius 1 is 0.846 bits per heavy atom. The lowest BCUT2D eigenvalue weighted by Crippen LogP contribution is -2.19. The maximum Gasteiger partial charge on any atom is 0.239 e. The number of rotatable bonds is 12. The molecule has 2 aromatic heterocycles. The number of aromatic nitrogens is 5. The van der Waals surface area contributed by atoms with Crippen LogP contribution in [0.4, 0.5) is 5.95 Å². The fourth-order valence-electron chi connectivity index (χ4n) is 4.04. The first-order valence-corrected chi connectivity index (χ1v) is 13.0. The van der Waals surface area contributed by atoms with E-state index in [0.29, 0.717) is 51.8 Å². The smallest absolute Gasteiger partial charge is 0.239 e. The van der Waals surface area contributed by atoms with E-state index in [0.717, 1.165) is 5.56 Å². The number of nitrogens with one attached hydrogen (secondary N) is 1. The van der Waals surface area contributed by atoms with E-state index < -0.39 is 0 Å². The van der Waals surface area contributed by atoms with Crippen LogP contribution in [0, 0.1) is 6.92 Å². The molecule has 4 rings (SSSR count). The van der Waals surface area contributed by atoms with Gasteiger partial charge in [-0.3, -0.25) is 9.29 Å². The van der Waals surface area contributed by atoms with Crippen molar-refractivity contribution in [2.45, 2.75) is 25.2 Å². The van der Waals surface area contributed by atoms with E-state index in [9.17, 15) is 0 Å². The van der Waals surface area contributed by atoms with Gasteiger partial charge in [-0.25, -0.2) is 9.97 Å². The molecule has 2 unspecified atom stereocenters. The van der Waals surface area contributed by atoms with Crippen LogP contribution in [-0.2, 0) is 4.74 Å². The zero-order valence-corrected chi connectivity index (χ0v) is 23.8. The Labute approximate surface area is 232 Å². The highest BCUT2D eigenvalue weighted by atomic mass is 32.2. The molecule has 206 valence electrons. The van der Waals surface area contributed by atoms with Gasteiger partial charge < -0.3 is 23.7 Å². The van der Waals surface area contributed by atoms with Crippen molar-refractivity contribution in [2.75, 3.05) is 40.3 Å². The molecule has 0 bridgehead atoms. The van der Waals surface area contributed by atoms with Crippen LogP contribution in [0.2, 0.25) is 0 Å². The monoisotopic (exact) mass is 552 g/mol. The maximum atomic E-state index is 5.75. The van der Waals surface area contributed by atoms with Crippen LogP contribution >= 0.6 is 11.9 Å². The Morgan fingerprint density at radius 3 is 2.10 bits per heavy atom. The Hall–Kier alpha value is -4.03. The Morgan fingerprint density at radius 2 is 1.51 bits per heavy atom. The summed E-state index contributed by atoms with van der Waals surface area (Å²) < 4.78 is 33.5. The molecule has 0 saturated heterocycles. The van der Waals surface area contributed by atoms with Gasteiger partial charge in [0.1, 0.15) is 34.8 Å². The van der Waals surface area contributed by atoms with Crippen molar-refractivity contribution in [1.29, 1.82) is 0 Å². The highest BCUT2D eigenvalue weighted by molar-refractivity contribution is 8.01. The minimum absolute atomic E-state index is 0.0998. The van der Waals surface area contributed by atoms with Gasteiger partial charge in [0.25, 0.3) is 0 Å². The number of nitrogens with zero attached hydrogens (tertiary/aromatic N) is 5. The van der Waals surface area contributed by atoms with Crippen molar-refractivity contribution in [2.24, 2.45) is 0 Å². The summed E-state index contributed by atoms with van der Waals surface area (Å²) in [5, 5.41) is 8.94. The highest BCUT2D eigenvalue weighted by Gasteiger charge is 2.27. The van der Waals surface area contributed by atoms with Crippen LogP contribution in [0.1, 0.15) is 24.4 Å². The van der Waals surface area contributed by atoms with Gasteiger partial charge in [0.2, 0.25) is 5.95 Å². The predicted molar refractivity (Wildman–Crippen MR) is 150 cm³/mol. The van der Waals surface area contributed by atoms with E-state index in [2.05, 4.69) is 24.9 Å². The molecular weight excluding hydrogens is 520 g/mol. The minimum atomic E-state index is -0.363. The average Bonchev–Trinajstić information content (AvgIpc) is 3.39. The molecule has 2 aromatic carbocycles. The van der Waals surface area contributed by atoms with E-state index in [1.165, 1.54) is 11.9 Å². The fraction of sp³-hybridized carbons (Fsp3) is 0.333. The van der Waals surface area contributed by atoms with Crippen molar-refractivity contribution in [3.8, 4) is 40.1 Å². The molecular formula is C27H32N6O5S. The van der Waals surface area contributed by atoms with Gasteiger partial charge in [-0.15, -0.1) is 10.2 Å². The average molecular weight is 553 g/mol. The third-order valence-electron chi connectivity index (χ3n) is 6.01. The molecule has 0 saturated carbocycles. The van der Waals surface area contributed by atoms with E-state index in [1.54, 1.807) is 47.9 Å². The molecule has 2 atom stereocenters. The first kappa shape index (κ1) is 28.0. The summed E-state index contributed by atoms with van der Waals surface area (Å²) in [5.41, 5.74) is 2.27. The summed E-state index contributed by atoms with van der Waals surface area (Å²) in [6.45, 7) is 3.96.